The van der Waals surface area contributed by atoms with Crippen molar-refractivity contribution in [3.8, 4) is 0 Å². The van der Waals surface area contributed by atoms with E-state index in [1.165, 1.54) is 19.3 Å². The lowest BCUT2D eigenvalue weighted by Gasteiger charge is -2.34. The standard InChI is InChI=1S/C8H16N2.2ClH/c9-7-2-1-3-8(10,6-7)5-4-7;;/h1-6,9-10H2;2*1H. The molecule has 0 aliphatic heterocycles. The fourth-order valence-corrected chi connectivity index (χ4v) is 2.60. The summed E-state index contributed by atoms with van der Waals surface area (Å²) in [6, 6.07) is 0. The highest BCUT2D eigenvalue weighted by Gasteiger charge is 2.46. The zero-order valence-corrected chi connectivity index (χ0v) is 8.85. The van der Waals surface area contributed by atoms with Crippen LogP contribution in [0.25, 0.3) is 0 Å². The number of fused-ring (bicyclic) bond motifs is 2. The van der Waals surface area contributed by atoms with Crippen LogP contribution in [0.2, 0.25) is 0 Å². The molecule has 4 N–H and O–H groups in total. The van der Waals surface area contributed by atoms with Crippen molar-refractivity contribution in [1.29, 1.82) is 0 Å². The summed E-state index contributed by atoms with van der Waals surface area (Å²) in [4.78, 5) is 0. The van der Waals surface area contributed by atoms with Crippen molar-refractivity contribution in [3.05, 3.63) is 0 Å². The highest BCUT2D eigenvalue weighted by molar-refractivity contribution is 5.85. The fourth-order valence-electron chi connectivity index (χ4n) is 2.60. The summed E-state index contributed by atoms with van der Waals surface area (Å²) in [5.41, 5.74) is 12.5. The molecule has 74 valence electrons. The summed E-state index contributed by atoms with van der Waals surface area (Å²) in [6.07, 6.45) is 7.03. The van der Waals surface area contributed by atoms with Crippen LogP contribution in [0.1, 0.15) is 38.5 Å². The van der Waals surface area contributed by atoms with Crippen molar-refractivity contribution in [1.82, 2.24) is 0 Å². The van der Waals surface area contributed by atoms with Gasteiger partial charge in [0.1, 0.15) is 0 Å². The molecule has 0 spiro atoms. The number of hydrogen-bond acceptors (Lipinski definition) is 2. The lowest BCUT2D eigenvalue weighted by atomic mass is 9.80. The van der Waals surface area contributed by atoms with E-state index in [1.54, 1.807) is 0 Å². The Morgan fingerprint density at radius 2 is 1.17 bits per heavy atom. The second-order valence-electron chi connectivity index (χ2n) is 4.26. The third-order valence-electron chi connectivity index (χ3n) is 3.17. The van der Waals surface area contributed by atoms with E-state index in [9.17, 15) is 0 Å². The summed E-state index contributed by atoms with van der Waals surface area (Å²) in [6.45, 7) is 0. The molecule has 2 aliphatic rings. The van der Waals surface area contributed by atoms with Gasteiger partial charge in [-0.1, -0.05) is 0 Å². The van der Waals surface area contributed by atoms with Crippen molar-refractivity contribution in [2.75, 3.05) is 0 Å². The van der Waals surface area contributed by atoms with E-state index in [1.807, 2.05) is 0 Å². The van der Waals surface area contributed by atoms with E-state index >= 15 is 0 Å². The molecule has 2 unspecified atom stereocenters. The maximum atomic E-state index is 6.11. The molecule has 2 fully saturated rings. The predicted octanol–water partition coefficient (Wildman–Crippen LogP) is 1.59. The Kier molecular flexibility index (Phi) is 3.86. The normalized spacial score (nSPS) is 44.5. The van der Waals surface area contributed by atoms with E-state index in [0.717, 1.165) is 19.3 Å². The van der Waals surface area contributed by atoms with Gasteiger partial charge in [-0.05, 0) is 38.5 Å². The third kappa shape index (κ3) is 2.05. The minimum atomic E-state index is 0. The molecular formula is C8H18Cl2N2. The quantitative estimate of drug-likeness (QED) is 0.642. The molecule has 2 aliphatic carbocycles. The number of nitrogens with two attached hydrogens (primary N) is 2. The second kappa shape index (κ2) is 3.70. The van der Waals surface area contributed by atoms with E-state index < -0.39 is 0 Å². The van der Waals surface area contributed by atoms with E-state index in [0.29, 0.717) is 0 Å². The van der Waals surface area contributed by atoms with Gasteiger partial charge in [-0.15, -0.1) is 24.8 Å². The molecule has 2 nitrogen and oxygen atoms in total. The average molecular weight is 213 g/mol. The third-order valence-corrected chi connectivity index (χ3v) is 3.17. The van der Waals surface area contributed by atoms with Crippen LogP contribution in [0.5, 0.6) is 0 Å². The van der Waals surface area contributed by atoms with Crippen LogP contribution < -0.4 is 11.5 Å². The molecule has 0 aromatic heterocycles. The van der Waals surface area contributed by atoms with Gasteiger partial charge < -0.3 is 11.5 Å². The lowest BCUT2D eigenvalue weighted by Crippen LogP contribution is -2.47. The molecule has 12 heavy (non-hydrogen) atoms. The maximum Gasteiger partial charge on any atom is 0.0172 e. The zero-order valence-electron chi connectivity index (χ0n) is 7.21. The van der Waals surface area contributed by atoms with Gasteiger partial charge >= 0.3 is 0 Å². The van der Waals surface area contributed by atoms with Crippen LogP contribution in [-0.2, 0) is 0 Å². The molecule has 2 saturated carbocycles. The topological polar surface area (TPSA) is 52.0 Å². The first-order chi connectivity index (χ1) is 4.62. The van der Waals surface area contributed by atoms with Crippen molar-refractivity contribution < 1.29 is 0 Å². The highest BCUT2D eigenvalue weighted by Crippen LogP contribution is 2.44. The molecule has 0 aromatic rings. The van der Waals surface area contributed by atoms with Crippen LogP contribution in [-0.4, -0.2) is 11.1 Å². The predicted molar refractivity (Wildman–Crippen MR) is 56.0 cm³/mol. The van der Waals surface area contributed by atoms with Gasteiger partial charge in [-0.3, -0.25) is 0 Å². The van der Waals surface area contributed by atoms with Gasteiger partial charge in [0.05, 0.1) is 0 Å². The zero-order chi connectivity index (χ0) is 7.24. The van der Waals surface area contributed by atoms with Gasteiger partial charge in [0, 0.05) is 11.1 Å². The molecule has 0 amide bonds. The second-order valence-corrected chi connectivity index (χ2v) is 4.26. The minimum Gasteiger partial charge on any atom is -0.325 e. The highest BCUT2D eigenvalue weighted by atomic mass is 35.5. The van der Waals surface area contributed by atoms with Gasteiger partial charge in [-0.25, -0.2) is 0 Å². The van der Waals surface area contributed by atoms with E-state index in [4.69, 9.17) is 11.5 Å². The van der Waals surface area contributed by atoms with Crippen LogP contribution in [0, 0.1) is 0 Å². The molecule has 4 heteroatoms. The molecule has 0 radical (unpaired) electrons. The van der Waals surface area contributed by atoms with Gasteiger partial charge in [0.2, 0.25) is 0 Å². The molecule has 0 aromatic carbocycles. The summed E-state index contributed by atoms with van der Waals surface area (Å²) in [5, 5.41) is 0. The Hall–Kier alpha value is 0.500. The summed E-state index contributed by atoms with van der Waals surface area (Å²) in [5.74, 6) is 0. The van der Waals surface area contributed by atoms with Crippen molar-refractivity contribution in [2.24, 2.45) is 11.5 Å². The Morgan fingerprint density at radius 3 is 1.50 bits per heavy atom. The minimum absolute atomic E-state index is 0. The Labute approximate surface area is 86.3 Å². The Balaban J connectivity index is 0.000000605. The summed E-state index contributed by atoms with van der Waals surface area (Å²) >= 11 is 0. The molecular weight excluding hydrogens is 195 g/mol. The summed E-state index contributed by atoms with van der Waals surface area (Å²) in [7, 11) is 0. The molecule has 0 saturated heterocycles. The van der Waals surface area contributed by atoms with Gasteiger partial charge in [0.15, 0.2) is 0 Å². The fraction of sp³-hybridized carbons (Fsp3) is 1.00. The summed E-state index contributed by atoms with van der Waals surface area (Å²) < 4.78 is 0. The average Bonchev–Trinajstić information content (AvgIpc) is 2.03. The first-order valence-corrected chi connectivity index (χ1v) is 4.20. The number of rotatable bonds is 0. The first-order valence-electron chi connectivity index (χ1n) is 4.20. The Morgan fingerprint density at radius 1 is 0.750 bits per heavy atom. The van der Waals surface area contributed by atoms with E-state index in [-0.39, 0.29) is 35.9 Å². The van der Waals surface area contributed by atoms with Crippen molar-refractivity contribution in [3.63, 3.8) is 0 Å². The van der Waals surface area contributed by atoms with Crippen molar-refractivity contribution >= 4 is 24.8 Å². The van der Waals surface area contributed by atoms with E-state index in [2.05, 4.69) is 0 Å². The Bertz CT molecular complexity index is 149. The number of hydrogen-bond donors (Lipinski definition) is 2. The molecule has 2 bridgehead atoms. The number of halogens is 2. The first kappa shape index (κ1) is 12.5. The molecule has 2 rings (SSSR count). The largest absolute Gasteiger partial charge is 0.325 e. The van der Waals surface area contributed by atoms with Crippen LogP contribution in [0.3, 0.4) is 0 Å². The van der Waals surface area contributed by atoms with Crippen LogP contribution >= 0.6 is 24.8 Å². The maximum absolute atomic E-state index is 6.11. The van der Waals surface area contributed by atoms with Crippen molar-refractivity contribution in [2.45, 2.75) is 49.6 Å². The van der Waals surface area contributed by atoms with Crippen LogP contribution in [0.15, 0.2) is 0 Å². The van der Waals surface area contributed by atoms with Crippen LogP contribution in [0.4, 0.5) is 0 Å². The monoisotopic (exact) mass is 212 g/mol. The smallest absolute Gasteiger partial charge is 0.0172 e. The molecule has 0 heterocycles. The SMILES string of the molecule is Cl.Cl.NC12CCCC(N)(CC1)C2. The molecule has 2 atom stereocenters. The lowest BCUT2D eigenvalue weighted by molar-refractivity contribution is 0.274. The van der Waals surface area contributed by atoms with Gasteiger partial charge in [-0.2, -0.15) is 0 Å². The van der Waals surface area contributed by atoms with Gasteiger partial charge in [0.25, 0.3) is 0 Å².